The number of nitrogens with one attached hydrogen (secondary N) is 1. The Morgan fingerprint density at radius 2 is 2.00 bits per heavy atom. The molecule has 156 valence electrons. The van der Waals surface area contributed by atoms with E-state index >= 15 is 0 Å². The summed E-state index contributed by atoms with van der Waals surface area (Å²) in [5, 5.41) is 11.8. The number of nitriles is 1. The van der Waals surface area contributed by atoms with Crippen LogP contribution >= 0.6 is 11.6 Å². The van der Waals surface area contributed by atoms with Crippen LogP contribution in [-0.4, -0.2) is 32.2 Å². The van der Waals surface area contributed by atoms with Gasteiger partial charge in [-0.2, -0.15) is 5.26 Å². The van der Waals surface area contributed by atoms with Crippen molar-refractivity contribution >= 4 is 35.2 Å². The summed E-state index contributed by atoms with van der Waals surface area (Å²) < 4.78 is 29.1. The lowest BCUT2D eigenvalue weighted by Gasteiger charge is -2.14. The largest absolute Gasteiger partial charge is 0.490 e. The number of methoxy groups -OCH3 is 1. The summed E-state index contributed by atoms with van der Waals surface area (Å²) in [5.74, 6) is -1.68. The number of ether oxygens (including phenoxy) is 3. The summed E-state index contributed by atoms with van der Waals surface area (Å²) in [6.45, 7) is 1.64. The number of anilines is 1. The quantitative estimate of drug-likeness (QED) is 0.385. The number of benzene rings is 2. The van der Waals surface area contributed by atoms with E-state index in [1.807, 2.05) is 0 Å². The topological polar surface area (TPSA) is 97.6 Å². The van der Waals surface area contributed by atoms with Crippen molar-refractivity contribution in [3.63, 3.8) is 0 Å². The Kier molecular flexibility index (Phi) is 8.20. The maximum absolute atomic E-state index is 13.7. The van der Waals surface area contributed by atoms with Gasteiger partial charge in [-0.1, -0.05) is 23.7 Å². The molecule has 9 heteroatoms. The van der Waals surface area contributed by atoms with Gasteiger partial charge in [-0.05, 0) is 42.8 Å². The monoisotopic (exact) mass is 432 g/mol. The molecule has 0 aliphatic rings. The number of hydrogen-bond acceptors (Lipinski definition) is 6. The average molecular weight is 433 g/mol. The molecule has 0 aliphatic heterocycles. The Balaban J connectivity index is 2.33. The lowest BCUT2D eigenvalue weighted by Crippen LogP contribution is -2.14. The van der Waals surface area contributed by atoms with Gasteiger partial charge in [0.25, 0.3) is 5.91 Å². The van der Waals surface area contributed by atoms with Crippen LogP contribution < -0.4 is 14.8 Å². The number of nitrogens with zero attached hydrogens (tertiary/aromatic N) is 1. The van der Waals surface area contributed by atoms with E-state index in [1.165, 1.54) is 43.5 Å². The molecule has 0 spiro atoms. The van der Waals surface area contributed by atoms with E-state index in [0.29, 0.717) is 5.56 Å². The molecule has 0 unspecified atom stereocenters. The zero-order chi connectivity index (χ0) is 22.1. The zero-order valence-electron chi connectivity index (χ0n) is 16.2. The van der Waals surface area contributed by atoms with Crippen molar-refractivity contribution in [1.82, 2.24) is 0 Å². The molecular weight excluding hydrogens is 415 g/mol. The molecule has 2 aromatic carbocycles. The lowest BCUT2D eigenvalue weighted by molar-refractivity contribution is -0.142. The van der Waals surface area contributed by atoms with Crippen molar-refractivity contribution in [1.29, 1.82) is 5.26 Å². The molecule has 0 atom stereocenters. The van der Waals surface area contributed by atoms with Gasteiger partial charge in [0.15, 0.2) is 18.1 Å². The average Bonchev–Trinajstić information content (AvgIpc) is 2.72. The smallest absolute Gasteiger partial charge is 0.343 e. The van der Waals surface area contributed by atoms with Crippen molar-refractivity contribution in [2.24, 2.45) is 0 Å². The van der Waals surface area contributed by atoms with E-state index in [9.17, 15) is 19.2 Å². The van der Waals surface area contributed by atoms with Gasteiger partial charge < -0.3 is 19.5 Å². The number of halogens is 2. The van der Waals surface area contributed by atoms with Crippen molar-refractivity contribution in [3.05, 3.63) is 58.4 Å². The van der Waals surface area contributed by atoms with Gasteiger partial charge in [-0.25, -0.2) is 9.18 Å². The Morgan fingerprint density at radius 3 is 2.63 bits per heavy atom. The number of para-hydroxylation sites is 1. The van der Waals surface area contributed by atoms with Crippen molar-refractivity contribution in [2.45, 2.75) is 6.92 Å². The van der Waals surface area contributed by atoms with Gasteiger partial charge in [0.2, 0.25) is 0 Å². The molecule has 30 heavy (non-hydrogen) atoms. The summed E-state index contributed by atoms with van der Waals surface area (Å²) >= 11 is 6.23. The third kappa shape index (κ3) is 5.96. The molecular formula is C21H18ClFN2O5. The maximum atomic E-state index is 13.7. The number of carbonyl (C=O) groups is 2. The first-order valence-electron chi connectivity index (χ1n) is 8.73. The molecule has 2 rings (SSSR count). The van der Waals surface area contributed by atoms with Gasteiger partial charge in [-0.3, -0.25) is 4.79 Å². The van der Waals surface area contributed by atoms with E-state index < -0.39 is 17.7 Å². The Bertz CT molecular complexity index is 1020. The van der Waals surface area contributed by atoms with Crippen LogP contribution in [0.1, 0.15) is 12.5 Å². The molecule has 0 bridgehead atoms. The highest BCUT2D eigenvalue weighted by molar-refractivity contribution is 6.32. The summed E-state index contributed by atoms with van der Waals surface area (Å²) in [5.41, 5.74) is 0.0392. The summed E-state index contributed by atoms with van der Waals surface area (Å²) in [6.07, 6.45) is 1.27. The molecule has 0 aliphatic carbocycles. The second-order valence-corrected chi connectivity index (χ2v) is 6.14. The summed E-state index contributed by atoms with van der Waals surface area (Å²) in [4.78, 5) is 23.7. The first kappa shape index (κ1) is 22.7. The molecule has 0 heterocycles. The van der Waals surface area contributed by atoms with Gasteiger partial charge in [-0.15, -0.1) is 0 Å². The summed E-state index contributed by atoms with van der Waals surface area (Å²) in [6, 6.07) is 10.3. The van der Waals surface area contributed by atoms with Crippen LogP contribution in [0.2, 0.25) is 5.02 Å². The molecule has 0 fully saturated rings. The van der Waals surface area contributed by atoms with Gasteiger partial charge in [0.1, 0.15) is 17.5 Å². The number of rotatable bonds is 8. The fraction of sp³-hybridized carbons (Fsp3) is 0.190. The molecule has 0 aromatic heterocycles. The Hall–Kier alpha value is -3.57. The molecule has 0 saturated heterocycles. The Morgan fingerprint density at radius 1 is 1.27 bits per heavy atom. The fourth-order valence-electron chi connectivity index (χ4n) is 2.33. The molecule has 1 amide bonds. The number of hydrogen-bond donors (Lipinski definition) is 1. The zero-order valence-corrected chi connectivity index (χ0v) is 17.0. The molecule has 1 N–H and O–H groups in total. The second kappa shape index (κ2) is 10.8. The second-order valence-electron chi connectivity index (χ2n) is 5.73. The van der Waals surface area contributed by atoms with E-state index in [0.717, 1.165) is 0 Å². The van der Waals surface area contributed by atoms with Crippen LogP contribution in [-0.2, 0) is 14.3 Å². The molecule has 7 nitrogen and oxygen atoms in total. The minimum atomic E-state index is -0.789. The first-order chi connectivity index (χ1) is 14.4. The third-order valence-electron chi connectivity index (χ3n) is 3.69. The van der Waals surface area contributed by atoms with E-state index in [2.05, 4.69) is 10.1 Å². The summed E-state index contributed by atoms with van der Waals surface area (Å²) in [7, 11) is 1.22. The number of carbonyl (C=O) groups excluding carboxylic acids is 2. The first-order valence-corrected chi connectivity index (χ1v) is 9.11. The highest BCUT2D eigenvalue weighted by atomic mass is 35.5. The van der Waals surface area contributed by atoms with Crippen molar-refractivity contribution < 1.29 is 28.2 Å². The Labute approximate surface area is 177 Å². The highest BCUT2D eigenvalue weighted by Crippen LogP contribution is 2.37. The predicted octanol–water partition coefficient (Wildman–Crippen LogP) is 3.98. The fourth-order valence-corrected chi connectivity index (χ4v) is 2.61. The van der Waals surface area contributed by atoms with E-state index in [-0.39, 0.29) is 41.0 Å². The van der Waals surface area contributed by atoms with Gasteiger partial charge in [0, 0.05) is 0 Å². The van der Waals surface area contributed by atoms with Crippen LogP contribution in [0.15, 0.2) is 42.0 Å². The maximum Gasteiger partial charge on any atom is 0.343 e. The normalized spacial score (nSPS) is 10.7. The van der Waals surface area contributed by atoms with E-state index in [4.69, 9.17) is 21.1 Å². The van der Waals surface area contributed by atoms with Crippen LogP contribution in [0, 0.1) is 17.1 Å². The SMILES string of the molecule is CCOc1cc(/C=C(/C#N)C(=O)Nc2ccccc2F)cc(Cl)c1OCC(=O)OC. The number of esters is 1. The van der Waals surface area contributed by atoms with Crippen LogP contribution in [0.5, 0.6) is 11.5 Å². The van der Waals surface area contributed by atoms with E-state index in [1.54, 1.807) is 19.1 Å². The van der Waals surface area contributed by atoms with Crippen LogP contribution in [0.4, 0.5) is 10.1 Å². The predicted molar refractivity (Wildman–Crippen MR) is 109 cm³/mol. The highest BCUT2D eigenvalue weighted by Gasteiger charge is 2.16. The van der Waals surface area contributed by atoms with Crippen molar-refractivity contribution in [3.8, 4) is 17.6 Å². The van der Waals surface area contributed by atoms with Crippen LogP contribution in [0.3, 0.4) is 0 Å². The third-order valence-corrected chi connectivity index (χ3v) is 3.97. The lowest BCUT2D eigenvalue weighted by atomic mass is 10.1. The molecule has 0 radical (unpaired) electrons. The van der Waals surface area contributed by atoms with Crippen molar-refractivity contribution in [2.75, 3.05) is 25.6 Å². The minimum Gasteiger partial charge on any atom is -0.490 e. The number of amides is 1. The molecule has 0 saturated carbocycles. The van der Waals surface area contributed by atoms with Gasteiger partial charge in [0.05, 0.1) is 24.4 Å². The van der Waals surface area contributed by atoms with Gasteiger partial charge >= 0.3 is 5.97 Å². The minimum absolute atomic E-state index is 0.0526. The molecule has 2 aromatic rings. The van der Waals surface area contributed by atoms with Crippen LogP contribution in [0.25, 0.3) is 6.08 Å². The standard InChI is InChI=1S/C21H18ClFN2O5/c1-3-29-18-10-13(9-15(22)20(18)30-12-19(26)28-2)8-14(11-24)21(27)25-17-7-5-4-6-16(17)23/h4-10H,3,12H2,1-2H3,(H,25,27)/b14-8-.